The Morgan fingerprint density at radius 1 is 1.18 bits per heavy atom. The van der Waals surface area contributed by atoms with Crippen LogP contribution >= 0.6 is 11.3 Å². The molecular formula is C17H20N6O3S2. The molecule has 0 fully saturated rings. The molecule has 1 amide bonds. The standard InChI is InChI=1S/C17H20N6O3S2/c1-3-22(4-2)28(25,26)14-9-7-13(8-10-14)18-16(24)12-23-20-17(19-21-23)15-6-5-11-27-15/h5-11H,3-4,12H2,1-2H3,(H,18,24). The van der Waals surface area contributed by atoms with Crippen LogP contribution < -0.4 is 5.32 Å². The highest BCUT2D eigenvalue weighted by atomic mass is 32.2. The maximum absolute atomic E-state index is 12.5. The molecule has 0 bridgehead atoms. The lowest BCUT2D eigenvalue weighted by Crippen LogP contribution is -2.30. The second kappa shape index (κ2) is 8.59. The summed E-state index contributed by atoms with van der Waals surface area (Å²) in [6.07, 6.45) is 0. The van der Waals surface area contributed by atoms with Crippen LogP contribution in [0.15, 0.2) is 46.7 Å². The second-order valence-corrected chi connectivity index (χ2v) is 8.67. The van der Waals surface area contributed by atoms with Gasteiger partial charge in [0.15, 0.2) is 0 Å². The molecule has 3 rings (SSSR count). The van der Waals surface area contributed by atoms with Crippen molar-refractivity contribution in [3.63, 3.8) is 0 Å². The van der Waals surface area contributed by atoms with Crippen molar-refractivity contribution in [3.05, 3.63) is 41.8 Å². The van der Waals surface area contributed by atoms with E-state index >= 15 is 0 Å². The van der Waals surface area contributed by atoms with Crippen molar-refractivity contribution >= 4 is 33.0 Å². The van der Waals surface area contributed by atoms with Crippen LogP contribution in [0.4, 0.5) is 5.69 Å². The molecule has 0 saturated heterocycles. The molecule has 0 unspecified atom stereocenters. The third kappa shape index (κ3) is 4.43. The predicted molar refractivity (Wildman–Crippen MR) is 106 cm³/mol. The summed E-state index contributed by atoms with van der Waals surface area (Å²) in [6.45, 7) is 4.28. The monoisotopic (exact) mass is 420 g/mol. The van der Waals surface area contributed by atoms with Crippen LogP contribution in [0.5, 0.6) is 0 Å². The van der Waals surface area contributed by atoms with Crippen LogP contribution in [0.25, 0.3) is 10.7 Å². The number of tetrazole rings is 1. The normalized spacial score (nSPS) is 11.7. The van der Waals surface area contributed by atoms with Gasteiger partial charge in [0.2, 0.25) is 21.8 Å². The number of amides is 1. The predicted octanol–water partition coefficient (Wildman–Crippen LogP) is 2.07. The highest BCUT2D eigenvalue weighted by molar-refractivity contribution is 7.89. The van der Waals surface area contributed by atoms with E-state index in [1.807, 2.05) is 17.5 Å². The van der Waals surface area contributed by atoms with E-state index in [1.54, 1.807) is 26.0 Å². The Balaban J connectivity index is 1.63. The van der Waals surface area contributed by atoms with Crippen molar-refractivity contribution in [1.82, 2.24) is 24.5 Å². The molecule has 1 aromatic carbocycles. The summed E-state index contributed by atoms with van der Waals surface area (Å²) in [4.78, 5) is 14.5. The highest BCUT2D eigenvalue weighted by Crippen LogP contribution is 2.20. The summed E-state index contributed by atoms with van der Waals surface area (Å²) in [5.74, 6) is 0.128. The number of carbonyl (C=O) groups excluding carboxylic acids is 1. The van der Waals surface area contributed by atoms with Crippen LogP contribution in [0.1, 0.15) is 13.8 Å². The Morgan fingerprint density at radius 2 is 1.89 bits per heavy atom. The summed E-state index contributed by atoms with van der Waals surface area (Å²) >= 11 is 1.49. The van der Waals surface area contributed by atoms with E-state index in [9.17, 15) is 13.2 Å². The first-order chi connectivity index (χ1) is 13.4. The second-order valence-electron chi connectivity index (χ2n) is 5.78. The number of hydrogen-bond donors (Lipinski definition) is 1. The molecule has 0 spiro atoms. The van der Waals surface area contributed by atoms with Crippen molar-refractivity contribution in [2.45, 2.75) is 25.3 Å². The van der Waals surface area contributed by atoms with Crippen molar-refractivity contribution in [2.24, 2.45) is 0 Å². The molecule has 0 atom stereocenters. The summed E-state index contributed by atoms with van der Waals surface area (Å²) in [5.41, 5.74) is 0.488. The van der Waals surface area contributed by atoms with E-state index in [-0.39, 0.29) is 17.3 Å². The lowest BCUT2D eigenvalue weighted by Gasteiger charge is -2.18. The number of nitrogens with one attached hydrogen (secondary N) is 1. The molecule has 3 aromatic rings. The molecule has 0 aliphatic carbocycles. The first kappa shape index (κ1) is 20.1. The van der Waals surface area contributed by atoms with Crippen LogP contribution in [-0.4, -0.2) is 51.9 Å². The lowest BCUT2D eigenvalue weighted by atomic mass is 10.3. The fourth-order valence-electron chi connectivity index (χ4n) is 2.57. The zero-order valence-corrected chi connectivity index (χ0v) is 17.1. The number of hydrogen-bond acceptors (Lipinski definition) is 7. The van der Waals surface area contributed by atoms with Gasteiger partial charge in [0, 0.05) is 18.8 Å². The molecule has 0 radical (unpaired) electrons. The van der Waals surface area contributed by atoms with Crippen LogP contribution in [-0.2, 0) is 21.4 Å². The molecule has 1 N–H and O–H groups in total. The van der Waals surface area contributed by atoms with Crippen molar-refractivity contribution in [1.29, 1.82) is 0 Å². The molecular weight excluding hydrogens is 400 g/mol. The third-order valence-electron chi connectivity index (χ3n) is 3.96. The van der Waals surface area contributed by atoms with Gasteiger partial charge in [-0.3, -0.25) is 4.79 Å². The van der Waals surface area contributed by atoms with E-state index < -0.39 is 10.0 Å². The van der Waals surface area contributed by atoms with Gasteiger partial charge in [0.25, 0.3) is 0 Å². The number of aromatic nitrogens is 4. The zero-order valence-electron chi connectivity index (χ0n) is 15.4. The minimum atomic E-state index is -3.52. The third-order valence-corrected chi connectivity index (χ3v) is 6.89. The van der Waals surface area contributed by atoms with E-state index in [0.29, 0.717) is 24.6 Å². The summed E-state index contributed by atoms with van der Waals surface area (Å²) in [6, 6.07) is 9.83. The number of anilines is 1. The average Bonchev–Trinajstić information content (AvgIpc) is 3.34. The smallest absolute Gasteiger partial charge is 0.248 e. The Labute approximate surface area is 167 Å². The number of benzene rings is 1. The van der Waals surface area contributed by atoms with Gasteiger partial charge in [-0.15, -0.1) is 21.5 Å². The van der Waals surface area contributed by atoms with E-state index in [2.05, 4.69) is 20.7 Å². The molecule has 0 saturated carbocycles. The Kier molecular flexibility index (Phi) is 6.17. The maximum atomic E-state index is 12.5. The molecule has 28 heavy (non-hydrogen) atoms. The Morgan fingerprint density at radius 3 is 2.50 bits per heavy atom. The van der Waals surface area contributed by atoms with E-state index in [4.69, 9.17) is 0 Å². The molecule has 148 valence electrons. The maximum Gasteiger partial charge on any atom is 0.248 e. The number of carbonyl (C=O) groups is 1. The largest absolute Gasteiger partial charge is 0.324 e. The van der Waals surface area contributed by atoms with E-state index in [0.717, 1.165) is 4.88 Å². The fourth-order valence-corrected chi connectivity index (χ4v) is 4.67. The zero-order chi connectivity index (χ0) is 20.1. The first-order valence-corrected chi connectivity index (χ1v) is 11.0. The molecule has 11 heteroatoms. The number of nitrogens with zero attached hydrogens (tertiary/aromatic N) is 5. The first-order valence-electron chi connectivity index (χ1n) is 8.65. The van der Waals surface area contributed by atoms with Gasteiger partial charge in [-0.2, -0.15) is 9.10 Å². The quantitative estimate of drug-likeness (QED) is 0.597. The Bertz CT molecular complexity index is 1030. The van der Waals surface area contributed by atoms with Crippen LogP contribution in [0, 0.1) is 0 Å². The van der Waals surface area contributed by atoms with Crippen LogP contribution in [0.3, 0.4) is 0 Å². The number of sulfonamides is 1. The van der Waals surface area contributed by atoms with E-state index in [1.165, 1.54) is 32.6 Å². The van der Waals surface area contributed by atoms with Crippen LogP contribution in [0.2, 0.25) is 0 Å². The summed E-state index contributed by atoms with van der Waals surface area (Å²) in [5, 5.41) is 16.6. The SMILES string of the molecule is CCN(CC)S(=O)(=O)c1ccc(NC(=O)Cn2nnc(-c3cccs3)n2)cc1. The van der Waals surface area contributed by atoms with Gasteiger partial charge in [-0.1, -0.05) is 19.9 Å². The van der Waals surface area contributed by atoms with Crippen molar-refractivity contribution in [3.8, 4) is 10.7 Å². The van der Waals surface area contributed by atoms with Gasteiger partial charge in [-0.25, -0.2) is 8.42 Å². The van der Waals surface area contributed by atoms with Gasteiger partial charge in [0.05, 0.1) is 9.77 Å². The topological polar surface area (TPSA) is 110 Å². The van der Waals surface area contributed by atoms with Gasteiger partial charge in [0.1, 0.15) is 6.54 Å². The lowest BCUT2D eigenvalue weighted by molar-refractivity contribution is -0.117. The van der Waals surface area contributed by atoms with Gasteiger partial charge in [-0.05, 0) is 40.9 Å². The number of thiophene rings is 1. The van der Waals surface area contributed by atoms with Gasteiger partial charge >= 0.3 is 0 Å². The summed E-state index contributed by atoms with van der Waals surface area (Å²) < 4.78 is 26.3. The van der Waals surface area contributed by atoms with Crippen molar-refractivity contribution < 1.29 is 13.2 Å². The molecule has 2 heterocycles. The molecule has 2 aromatic heterocycles. The fraction of sp³-hybridized carbons (Fsp3) is 0.294. The average molecular weight is 421 g/mol. The number of rotatable bonds is 8. The minimum Gasteiger partial charge on any atom is -0.324 e. The highest BCUT2D eigenvalue weighted by Gasteiger charge is 2.21. The summed E-state index contributed by atoms with van der Waals surface area (Å²) in [7, 11) is -3.52. The Hall–Kier alpha value is -2.63. The van der Waals surface area contributed by atoms with Crippen molar-refractivity contribution in [2.75, 3.05) is 18.4 Å². The molecule has 9 nitrogen and oxygen atoms in total. The minimum absolute atomic E-state index is 0.0993. The van der Waals surface area contributed by atoms with Gasteiger partial charge < -0.3 is 5.32 Å². The molecule has 0 aliphatic heterocycles. The molecule has 0 aliphatic rings.